The van der Waals surface area contributed by atoms with Crippen LogP contribution in [0, 0.1) is 40.8 Å². The van der Waals surface area contributed by atoms with Gasteiger partial charge in [0.15, 0.2) is 0 Å². The van der Waals surface area contributed by atoms with Gasteiger partial charge in [-0.05, 0) is 0 Å². The van der Waals surface area contributed by atoms with E-state index < -0.39 is 0 Å². The third kappa shape index (κ3) is 50.7. The maximum atomic E-state index is 0. The zero-order valence-electron chi connectivity index (χ0n) is 3.16. The van der Waals surface area contributed by atoms with Crippen LogP contribution in [0.25, 0.3) is 0 Å². The molecule has 0 N–H and O–H groups in total. The molecule has 0 rings (SSSR count). The second-order valence-corrected chi connectivity index (χ2v) is 0. The van der Waals surface area contributed by atoms with Crippen molar-refractivity contribution < 1.29 is 114 Å². The topological polar surface area (TPSA) is 114 Å². The van der Waals surface area contributed by atoms with Crippen molar-refractivity contribution in [1.29, 1.82) is 0 Å². The van der Waals surface area contributed by atoms with E-state index in [1.165, 1.54) is 0 Å². The SMILES string of the molecule is [Nd+3].[O-2].[O-2].[O-2].[O-2].[V].[Y+3]. The van der Waals surface area contributed by atoms with Crippen LogP contribution >= 0.6 is 0 Å². The first-order valence-corrected chi connectivity index (χ1v) is 0. The summed E-state index contributed by atoms with van der Waals surface area (Å²) in [5.74, 6) is 0. The van der Waals surface area contributed by atoms with E-state index in [0.29, 0.717) is 0 Å². The quantitative estimate of drug-likeness (QED) is 0.563. The molecule has 0 heterocycles. The van der Waals surface area contributed by atoms with E-state index >= 15 is 0 Å². The number of hydrogen-bond donors (Lipinski definition) is 0. The van der Waals surface area contributed by atoms with Crippen LogP contribution in [0.4, 0.5) is 0 Å². The Labute approximate surface area is 112 Å². The second-order valence-electron chi connectivity index (χ2n) is 0. The van der Waals surface area contributed by atoms with Gasteiger partial charge in [0.1, 0.15) is 0 Å². The van der Waals surface area contributed by atoms with Crippen molar-refractivity contribution in [2.75, 3.05) is 0 Å². The molecule has 0 unspecified atom stereocenters. The Morgan fingerprint density at radius 1 is 0.571 bits per heavy atom. The van der Waals surface area contributed by atoms with Crippen LogP contribution in [0.3, 0.4) is 0 Å². The third-order valence-electron chi connectivity index (χ3n) is 0. The molecule has 38 valence electrons. The van der Waals surface area contributed by atoms with Crippen LogP contribution in [0.5, 0.6) is 0 Å². The monoisotopic (exact) mass is 346 g/mol. The van der Waals surface area contributed by atoms with Gasteiger partial charge in [-0.2, -0.15) is 0 Å². The molecule has 0 aliphatic heterocycles. The maximum Gasteiger partial charge on any atom is 3.00 e. The first-order valence-electron chi connectivity index (χ1n) is 0. The predicted octanol–water partition coefficient (Wildman–Crippen LogP) is -0.480. The van der Waals surface area contributed by atoms with E-state index in [1.807, 2.05) is 0 Å². The van der Waals surface area contributed by atoms with E-state index in [9.17, 15) is 0 Å². The molecule has 7 heteroatoms. The molecule has 4 nitrogen and oxygen atoms in total. The van der Waals surface area contributed by atoms with Gasteiger partial charge in [-0.3, -0.25) is 0 Å². The minimum Gasteiger partial charge on any atom is -2.00 e. The Kier molecular flexibility index (Phi) is 893. The Hall–Kier alpha value is 2.88. The summed E-state index contributed by atoms with van der Waals surface area (Å²) in [6.45, 7) is 0. The predicted molar refractivity (Wildman–Crippen MR) is 2.75 cm³/mol. The summed E-state index contributed by atoms with van der Waals surface area (Å²) >= 11 is 0. The van der Waals surface area contributed by atoms with Crippen molar-refractivity contribution in [3.8, 4) is 0 Å². The van der Waals surface area contributed by atoms with Crippen LogP contribution in [0.15, 0.2) is 0 Å². The normalized spacial score (nSPS) is 0. The zero-order valence-corrected chi connectivity index (χ0v) is 10.6. The van der Waals surface area contributed by atoms with Crippen LogP contribution in [0.1, 0.15) is 0 Å². The van der Waals surface area contributed by atoms with Crippen molar-refractivity contribution in [1.82, 2.24) is 0 Å². The summed E-state index contributed by atoms with van der Waals surface area (Å²) in [6.07, 6.45) is 0. The fourth-order valence-electron chi connectivity index (χ4n) is 0. The van der Waals surface area contributed by atoms with E-state index in [0.717, 1.165) is 0 Å². The molecule has 0 aromatic heterocycles. The Balaban J connectivity index is 0. The molecule has 0 aliphatic rings. The Morgan fingerprint density at radius 2 is 0.571 bits per heavy atom. The minimum absolute atomic E-state index is 0. The summed E-state index contributed by atoms with van der Waals surface area (Å²) in [5.41, 5.74) is 0. The van der Waals surface area contributed by atoms with Gasteiger partial charge in [-0.15, -0.1) is 0 Å². The van der Waals surface area contributed by atoms with E-state index in [2.05, 4.69) is 0 Å². The second kappa shape index (κ2) is 66.5. The molecule has 0 aromatic rings. The standard InChI is InChI=1S/Nd.4O.V.Y/q+3;4*-2;;+3. The molecule has 0 bridgehead atoms. The first-order chi connectivity index (χ1) is 0. The van der Waals surface area contributed by atoms with Crippen molar-refractivity contribution >= 4 is 0 Å². The molecule has 0 aliphatic carbocycles. The summed E-state index contributed by atoms with van der Waals surface area (Å²) in [6, 6.07) is 0. The molecule has 0 saturated carbocycles. The summed E-state index contributed by atoms with van der Waals surface area (Å²) in [4.78, 5) is 0. The van der Waals surface area contributed by atoms with E-state index in [1.54, 1.807) is 0 Å². The van der Waals surface area contributed by atoms with E-state index in [4.69, 9.17) is 0 Å². The van der Waals surface area contributed by atoms with Crippen molar-refractivity contribution in [3.63, 3.8) is 0 Å². The van der Waals surface area contributed by atoms with Crippen LogP contribution in [-0.4, -0.2) is 0 Å². The smallest absolute Gasteiger partial charge is 2.00 e. The van der Waals surface area contributed by atoms with Gasteiger partial charge < -0.3 is 21.9 Å². The zero-order chi connectivity index (χ0) is 0. The van der Waals surface area contributed by atoms with Crippen LogP contribution < -0.4 is 0 Å². The van der Waals surface area contributed by atoms with E-state index in [-0.39, 0.29) is 114 Å². The fourth-order valence-corrected chi connectivity index (χ4v) is 0. The van der Waals surface area contributed by atoms with Gasteiger partial charge in [0.25, 0.3) is 0 Å². The average Bonchev–Trinajstić information content (AvgIpc) is 0. The van der Waals surface area contributed by atoms with Gasteiger partial charge in [0, 0.05) is 18.6 Å². The number of rotatable bonds is 0. The van der Waals surface area contributed by atoms with Crippen LogP contribution in [-0.2, 0) is 73.2 Å². The minimum atomic E-state index is 0. The molecule has 0 fully saturated rings. The van der Waals surface area contributed by atoms with Crippen molar-refractivity contribution in [2.45, 2.75) is 0 Å². The van der Waals surface area contributed by atoms with Gasteiger partial charge in [-0.25, -0.2) is 0 Å². The van der Waals surface area contributed by atoms with Gasteiger partial charge in [0.2, 0.25) is 0 Å². The van der Waals surface area contributed by atoms with Gasteiger partial charge in [-0.1, -0.05) is 0 Å². The molecule has 0 amide bonds. The fraction of sp³-hybridized carbons (Fsp3) is 0. The molecule has 0 atom stereocenters. The molecule has 0 saturated heterocycles. The molecule has 0 spiro atoms. The molecule has 7 heavy (non-hydrogen) atoms. The Morgan fingerprint density at radius 3 is 0.571 bits per heavy atom. The largest absolute Gasteiger partial charge is 3.00 e. The molecule has 0 aromatic carbocycles. The number of hydrogen-bond acceptors (Lipinski definition) is 0. The van der Waals surface area contributed by atoms with Gasteiger partial charge in [0.05, 0.1) is 0 Å². The summed E-state index contributed by atoms with van der Waals surface area (Å²) in [5, 5.41) is 0. The van der Waals surface area contributed by atoms with Crippen LogP contribution in [0.2, 0.25) is 0 Å². The molecular formula is NdO4VY-2. The van der Waals surface area contributed by atoms with Crippen molar-refractivity contribution in [2.24, 2.45) is 0 Å². The Bertz CT molecular complexity index is 11.7. The maximum absolute atomic E-state index is 0. The molecular weight excluding hydrogens is 348 g/mol. The third-order valence-corrected chi connectivity index (χ3v) is 0. The summed E-state index contributed by atoms with van der Waals surface area (Å²) in [7, 11) is 0. The average molecular weight is 348 g/mol. The van der Waals surface area contributed by atoms with Crippen molar-refractivity contribution in [3.05, 3.63) is 0 Å². The summed E-state index contributed by atoms with van der Waals surface area (Å²) < 4.78 is 0. The molecule has 2 radical (unpaired) electrons. The van der Waals surface area contributed by atoms with Gasteiger partial charge >= 0.3 is 73.5 Å². The first kappa shape index (κ1) is 94.0.